The van der Waals surface area contributed by atoms with E-state index in [-0.39, 0.29) is 10.8 Å². The second-order valence-electron chi connectivity index (χ2n) is 6.87. The molecule has 0 unspecified atom stereocenters. The van der Waals surface area contributed by atoms with Crippen LogP contribution in [0.25, 0.3) is 0 Å². The molecule has 1 saturated heterocycles. The number of hydrogen-bond donors (Lipinski definition) is 1. The van der Waals surface area contributed by atoms with Crippen LogP contribution in [0.5, 0.6) is 0 Å². The highest BCUT2D eigenvalue weighted by molar-refractivity contribution is 7.89. The van der Waals surface area contributed by atoms with Gasteiger partial charge in [0.05, 0.1) is 10.6 Å². The summed E-state index contributed by atoms with van der Waals surface area (Å²) in [5, 5.41) is 0. The molecule has 8 heteroatoms. The summed E-state index contributed by atoms with van der Waals surface area (Å²) in [4.78, 5) is 21.5. The highest BCUT2D eigenvalue weighted by Crippen LogP contribution is 2.19. The van der Waals surface area contributed by atoms with E-state index in [9.17, 15) is 13.2 Å². The molecule has 0 atom stereocenters. The average molecular weight is 403 g/mol. The maximum absolute atomic E-state index is 13.0. The van der Waals surface area contributed by atoms with E-state index in [0.717, 1.165) is 30.9 Å². The molecule has 1 N–H and O–H groups in total. The van der Waals surface area contributed by atoms with E-state index in [4.69, 9.17) is 0 Å². The Balaban J connectivity index is 1.68. The number of sulfonamides is 1. The minimum absolute atomic E-state index is 0.122. The van der Waals surface area contributed by atoms with Gasteiger partial charge in [0.2, 0.25) is 10.0 Å². The fraction of sp³-hybridized carbons (Fsp3) is 0.400. The average Bonchev–Trinajstić information content (AvgIpc) is 2.69. The van der Waals surface area contributed by atoms with Gasteiger partial charge in [0, 0.05) is 51.0 Å². The van der Waals surface area contributed by atoms with Crippen LogP contribution in [0.1, 0.15) is 28.5 Å². The Morgan fingerprint density at radius 1 is 1.14 bits per heavy atom. The van der Waals surface area contributed by atoms with Crippen molar-refractivity contribution in [3.63, 3.8) is 0 Å². The van der Waals surface area contributed by atoms with Gasteiger partial charge in [-0.05, 0) is 36.8 Å². The first-order valence-corrected chi connectivity index (χ1v) is 10.9. The number of amides is 1. The highest BCUT2D eigenvalue weighted by atomic mass is 32.2. The zero-order chi connectivity index (χ0) is 20.1. The molecule has 150 valence electrons. The monoisotopic (exact) mass is 402 g/mol. The minimum atomic E-state index is -3.59. The third-order valence-corrected chi connectivity index (χ3v) is 6.40. The lowest BCUT2D eigenvalue weighted by Crippen LogP contribution is -2.48. The first-order valence-electron chi connectivity index (χ1n) is 9.42. The number of pyridine rings is 1. The summed E-state index contributed by atoms with van der Waals surface area (Å²) in [6.07, 6.45) is 1.78. The van der Waals surface area contributed by atoms with Crippen molar-refractivity contribution in [1.82, 2.24) is 19.5 Å². The molecule has 0 aliphatic carbocycles. The van der Waals surface area contributed by atoms with Crippen molar-refractivity contribution in [1.29, 1.82) is 0 Å². The van der Waals surface area contributed by atoms with Crippen LogP contribution in [0.4, 0.5) is 0 Å². The fourth-order valence-electron chi connectivity index (χ4n) is 3.27. The standard InChI is InChI=1S/C20H26N4O3S/c1-3-22-28(26,27)18-8-7-16(2)19(14-18)20(25)24-12-10-23(11-13-24)15-17-6-4-5-9-21-17/h4-9,14,22H,3,10-13,15H2,1-2H3. The molecule has 0 spiro atoms. The highest BCUT2D eigenvalue weighted by Gasteiger charge is 2.25. The van der Waals surface area contributed by atoms with Crippen molar-refractivity contribution in [2.75, 3.05) is 32.7 Å². The maximum Gasteiger partial charge on any atom is 0.254 e. The Labute approximate surface area is 166 Å². The molecule has 1 amide bonds. The van der Waals surface area contributed by atoms with Crippen LogP contribution >= 0.6 is 0 Å². The smallest absolute Gasteiger partial charge is 0.254 e. The lowest BCUT2D eigenvalue weighted by atomic mass is 10.1. The van der Waals surface area contributed by atoms with Crippen LogP contribution in [0.3, 0.4) is 0 Å². The van der Waals surface area contributed by atoms with Crippen molar-refractivity contribution in [2.45, 2.75) is 25.3 Å². The molecule has 2 heterocycles. The van der Waals surface area contributed by atoms with Gasteiger partial charge in [-0.25, -0.2) is 13.1 Å². The van der Waals surface area contributed by atoms with Gasteiger partial charge >= 0.3 is 0 Å². The van der Waals surface area contributed by atoms with Crippen LogP contribution in [0.2, 0.25) is 0 Å². The van der Waals surface area contributed by atoms with Gasteiger partial charge in [-0.3, -0.25) is 14.7 Å². The van der Waals surface area contributed by atoms with Crippen molar-refractivity contribution in [2.24, 2.45) is 0 Å². The van der Waals surface area contributed by atoms with Crippen LogP contribution in [0.15, 0.2) is 47.5 Å². The van der Waals surface area contributed by atoms with Gasteiger partial charge in [-0.2, -0.15) is 0 Å². The molecule has 1 aromatic carbocycles. The predicted molar refractivity (Wildman–Crippen MR) is 107 cm³/mol. The number of carbonyl (C=O) groups is 1. The van der Waals surface area contributed by atoms with Crippen molar-refractivity contribution >= 4 is 15.9 Å². The molecule has 0 bridgehead atoms. The summed E-state index contributed by atoms with van der Waals surface area (Å²) in [5.41, 5.74) is 2.23. The summed E-state index contributed by atoms with van der Waals surface area (Å²) in [7, 11) is -3.59. The fourth-order valence-corrected chi connectivity index (χ4v) is 4.34. The van der Waals surface area contributed by atoms with E-state index in [0.29, 0.717) is 25.2 Å². The Bertz CT molecular complexity index is 924. The molecule has 2 aromatic rings. The Morgan fingerprint density at radius 2 is 1.89 bits per heavy atom. The normalized spacial score (nSPS) is 15.6. The van der Waals surface area contributed by atoms with E-state index in [1.165, 1.54) is 12.1 Å². The molecule has 1 aromatic heterocycles. The van der Waals surface area contributed by atoms with Gasteiger partial charge in [-0.1, -0.05) is 19.1 Å². The summed E-state index contributed by atoms with van der Waals surface area (Å²) >= 11 is 0. The molecule has 1 fully saturated rings. The molecule has 1 aliphatic rings. The first-order chi connectivity index (χ1) is 13.4. The van der Waals surface area contributed by atoms with E-state index >= 15 is 0 Å². The van der Waals surface area contributed by atoms with Crippen molar-refractivity contribution in [3.8, 4) is 0 Å². The second kappa shape index (κ2) is 8.81. The van der Waals surface area contributed by atoms with Crippen LogP contribution < -0.4 is 4.72 Å². The Hall–Kier alpha value is -2.29. The quantitative estimate of drug-likeness (QED) is 0.794. The van der Waals surface area contributed by atoms with E-state index in [1.54, 1.807) is 24.1 Å². The molecule has 28 heavy (non-hydrogen) atoms. The minimum Gasteiger partial charge on any atom is -0.336 e. The number of hydrogen-bond acceptors (Lipinski definition) is 5. The molecular weight excluding hydrogens is 376 g/mol. The number of piperazine rings is 1. The van der Waals surface area contributed by atoms with Crippen molar-refractivity contribution in [3.05, 3.63) is 59.4 Å². The SMILES string of the molecule is CCNS(=O)(=O)c1ccc(C)c(C(=O)N2CCN(Cc3ccccn3)CC2)c1. The largest absolute Gasteiger partial charge is 0.336 e. The summed E-state index contributed by atoms with van der Waals surface area (Å²) in [6.45, 7) is 7.35. The summed E-state index contributed by atoms with van der Waals surface area (Å²) in [6, 6.07) is 10.6. The summed E-state index contributed by atoms with van der Waals surface area (Å²) in [5.74, 6) is -0.122. The molecule has 1 aliphatic heterocycles. The van der Waals surface area contributed by atoms with Crippen LogP contribution in [0, 0.1) is 6.92 Å². The van der Waals surface area contributed by atoms with Gasteiger partial charge in [0.15, 0.2) is 0 Å². The molecule has 0 saturated carbocycles. The lowest BCUT2D eigenvalue weighted by Gasteiger charge is -2.34. The van der Waals surface area contributed by atoms with E-state index < -0.39 is 10.0 Å². The van der Waals surface area contributed by atoms with Crippen LogP contribution in [-0.4, -0.2) is 61.8 Å². The number of rotatable bonds is 6. The van der Waals surface area contributed by atoms with Crippen molar-refractivity contribution < 1.29 is 13.2 Å². The third kappa shape index (κ3) is 4.76. The number of nitrogens with zero attached hydrogens (tertiary/aromatic N) is 3. The topological polar surface area (TPSA) is 82.6 Å². The zero-order valence-corrected chi connectivity index (χ0v) is 17.1. The van der Waals surface area contributed by atoms with Gasteiger partial charge in [0.25, 0.3) is 5.91 Å². The number of aryl methyl sites for hydroxylation is 1. The Morgan fingerprint density at radius 3 is 2.54 bits per heavy atom. The van der Waals surface area contributed by atoms with E-state index in [2.05, 4.69) is 14.6 Å². The first kappa shape index (κ1) is 20.4. The number of benzene rings is 1. The molecule has 0 radical (unpaired) electrons. The number of nitrogens with one attached hydrogen (secondary N) is 1. The van der Waals surface area contributed by atoms with Gasteiger partial charge in [0.1, 0.15) is 0 Å². The van der Waals surface area contributed by atoms with Gasteiger partial charge in [-0.15, -0.1) is 0 Å². The van der Waals surface area contributed by atoms with Gasteiger partial charge < -0.3 is 4.90 Å². The third-order valence-electron chi connectivity index (χ3n) is 4.86. The molecular formula is C20H26N4O3S. The Kier molecular flexibility index (Phi) is 6.43. The maximum atomic E-state index is 13.0. The predicted octanol–water partition coefficient (Wildman–Crippen LogP) is 1.65. The lowest BCUT2D eigenvalue weighted by molar-refractivity contribution is 0.0626. The summed E-state index contributed by atoms with van der Waals surface area (Å²) < 4.78 is 27.0. The second-order valence-corrected chi connectivity index (χ2v) is 8.63. The number of carbonyl (C=O) groups excluding carboxylic acids is 1. The number of aromatic nitrogens is 1. The molecule has 7 nitrogen and oxygen atoms in total. The molecule has 3 rings (SSSR count). The van der Waals surface area contributed by atoms with Crippen LogP contribution in [-0.2, 0) is 16.6 Å². The zero-order valence-electron chi connectivity index (χ0n) is 16.3. The van der Waals surface area contributed by atoms with E-state index in [1.807, 2.05) is 25.1 Å².